The summed E-state index contributed by atoms with van der Waals surface area (Å²) in [6, 6.07) is 10.5. The van der Waals surface area contributed by atoms with E-state index in [1.807, 2.05) is 6.07 Å². The number of phenolic OH excluding ortho intramolecular Hbond substituents is 1. The largest absolute Gasteiger partial charge is 0.507 e. The van der Waals surface area contributed by atoms with Crippen LogP contribution in [0.2, 0.25) is 0 Å². The Morgan fingerprint density at radius 2 is 1.68 bits per heavy atom. The molecule has 0 amide bonds. The third kappa shape index (κ3) is 1.98. The first-order chi connectivity index (χ1) is 10.7. The Kier molecular flexibility index (Phi) is 3.40. The van der Waals surface area contributed by atoms with Crippen molar-refractivity contribution in [3.63, 3.8) is 0 Å². The molecule has 0 aromatic heterocycles. The molecule has 1 nitrogen and oxygen atoms in total. The zero-order valence-corrected chi connectivity index (χ0v) is 13.6. The van der Waals surface area contributed by atoms with E-state index in [9.17, 15) is 5.11 Å². The summed E-state index contributed by atoms with van der Waals surface area (Å²) in [7, 11) is 0. The van der Waals surface area contributed by atoms with Crippen molar-refractivity contribution >= 4 is 10.8 Å². The number of phenols is 1. The zero-order valence-electron chi connectivity index (χ0n) is 13.6. The van der Waals surface area contributed by atoms with Crippen LogP contribution < -0.4 is 0 Å². The quantitative estimate of drug-likeness (QED) is 0.699. The normalized spacial score (nSPS) is 28.5. The van der Waals surface area contributed by atoms with E-state index in [1.165, 1.54) is 67.9 Å². The van der Waals surface area contributed by atoms with Gasteiger partial charge in [0.2, 0.25) is 0 Å². The van der Waals surface area contributed by atoms with Crippen LogP contribution in [0.15, 0.2) is 30.3 Å². The molecule has 116 valence electrons. The Morgan fingerprint density at radius 1 is 0.955 bits per heavy atom. The summed E-state index contributed by atoms with van der Waals surface area (Å²) in [6.45, 7) is 2.20. The summed E-state index contributed by atoms with van der Waals surface area (Å²) in [5, 5.41) is 12.7. The summed E-state index contributed by atoms with van der Waals surface area (Å²) in [5.74, 6) is 1.28. The van der Waals surface area contributed by atoms with Crippen LogP contribution in [0, 0.1) is 12.8 Å². The molecule has 1 heteroatoms. The van der Waals surface area contributed by atoms with Gasteiger partial charge in [-0.15, -0.1) is 0 Å². The molecule has 2 aromatic rings. The van der Waals surface area contributed by atoms with E-state index < -0.39 is 0 Å². The van der Waals surface area contributed by atoms with E-state index in [2.05, 4.69) is 31.2 Å². The third-order valence-corrected chi connectivity index (χ3v) is 6.39. The first kappa shape index (κ1) is 14.1. The number of hydrogen-bond donors (Lipinski definition) is 1. The minimum Gasteiger partial charge on any atom is -0.507 e. The van der Waals surface area contributed by atoms with Crippen LogP contribution in [0.4, 0.5) is 0 Å². The lowest BCUT2D eigenvalue weighted by molar-refractivity contribution is 0.125. The minimum atomic E-state index is 0.370. The highest BCUT2D eigenvalue weighted by atomic mass is 16.3. The monoisotopic (exact) mass is 294 g/mol. The van der Waals surface area contributed by atoms with Gasteiger partial charge >= 0.3 is 0 Å². The molecule has 22 heavy (non-hydrogen) atoms. The number of benzene rings is 2. The number of rotatable bonds is 1. The molecule has 0 saturated heterocycles. The summed E-state index contributed by atoms with van der Waals surface area (Å²) in [4.78, 5) is 0. The van der Waals surface area contributed by atoms with E-state index in [4.69, 9.17) is 0 Å². The van der Waals surface area contributed by atoms with Gasteiger partial charge in [-0.25, -0.2) is 0 Å². The highest BCUT2D eigenvalue weighted by molar-refractivity contribution is 5.94. The number of aryl methyl sites for hydroxylation is 1. The highest BCUT2D eigenvalue weighted by Gasteiger charge is 2.44. The van der Waals surface area contributed by atoms with E-state index in [0.29, 0.717) is 11.2 Å². The van der Waals surface area contributed by atoms with Gasteiger partial charge in [-0.3, -0.25) is 0 Å². The lowest BCUT2D eigenvalue weighted by atomic mass is 9.56. The smallest absolute Gasteiger partial charge is 0.123 e. The fourth-order valence-corrected chi connectivity index (χ4v) is 5.37. The maximum absolute atomic E-state index is 10.3. The van der Waals surface area contributed by atoms with Gasteiger partial charge in [0.25, 0.3) is 0 Å². The molecule has 2 aliphatic carbocycles. The van der Waals surface area contributed by atoms with Gasteiger partial charge in [0.15, 0.2) is 0 Å². The predicted molar refractivity (Wildman–Crippen MR) is 92.5 cm³/mol. The maximum atomic E-state index is 10.3. The predicted octanol–water partition coefficient (Wildman–Crippen LogP) is 5.86. The standard InChI is InChI=1S/C21H26O/c1-15-7-6-10-17-19(22)12-11-18(20(15)17)21-13-4-2-8-16(21)9-3-5-14-21/h6-7,10-12,16,22H,2-5,8-9,13-14H2,1H3. The second-order valence-corrected chi connectivity index (χ2v) is 7.47. The van der Waals surface area contributed by atoms with E-state index >= 15 is 0 Å². The molecule has 0 atom stereocenters. The molecular weight excluding hydrogens is 268 g/mol. The van der Waals surface area contributed by atoms with Crippen LogP contribution in [0.25, 0.3) is 10.8 Å². The van der Waals surface area contributed by atoms with Gasteiger partial charge in [-0.2, -0.15) is 0 Å². The summed E-state index contributed by atoms with van der Waals surface area (Å²) in [5.41, 5.74) is 3.21. The molecule has 0 unspecified atom stereocenters. The number of fused-ring (bicyclic) bond motifs is 2. The topological polar surface area (TPSA) is 20.2 Å². The SMILES string of the molecule is Cc1cccc2c(O)ccc(C34CCCCC3CCCC4)c12. The molecule has 0 heterocycles. The highest BCUT2D eigenvalue weighted by Crippen LogP contribution is 2.54. The summed E-state index contributed by atoms with van der Waals surface area (Å²) >= 11 is 0. The second kappa shape index (κ2) is 5.30. The average molecular weight is 294 g/mol. The van der Waals surface area contributed by atoms with Crippen molar-refractivity contribution in [1.82, 2.24) is 0 Å². The van der Waals surface area contributed by atoms with Gasteiger partial charge in [-0.05, 0) is 66.5 Å². The van der Waals surface area contributed by atoms with Crippen molar-refractivity contribution in [2.45, 2.75) is 63.7 Å². The molecular formula is C21H26O. The van der Waals surface area contributed by atoms with Crippen LogP contribution in [0.5, 0.6) is 5.75 Å². The number of aromatic hydroxyl groups is 1. The van der Waals surface area contributed by atoms with Crippen molar-refractivity contribution in [3.8, 4) is 5.75 Å². The Labute approximate surface area is 133 Å². The molecule has 0 spiro atoms. The molecule has 1 N–H and O–H groups in total. The molecule has 0 bridgehead atoms. The molecule has 0 aliphatic heterocycles. The second-order valence-electron chi connectivity index (χ2n) is 7.47. The van der Waals surface area contributed by atoms with Gasteiger partial charge in [0.1, 0.15) is 5.75 Å². The average Bonchev–Trinajstić information content (AvgIpc) is 2.56. The Balaban J connectivity index is 1.98. The lowest BCUT2D eigenvalue weighted by Crippen LogP contribution is -2.40. The Bertz CT molecular complexity index is 688. The fraction of sp³-hybridized carbons (Fsp3) is 0.524. The zero-order chi connectivity index (χ0) is 15.2. The van der Waals surface area contributed by atoms with Crippen LogP contribution >= 0.6 is 0 Å². The van der Waals surface area contributed by atoms with Crippen molar-refractivity contribution in [1.29, 1.82) is 0 Å². The van der Waals surface area contributed by atoms with Crippen molar-refractivity contribution < 1.29 is 5.11 Å². The first-order valence-corrected chi connectivity index (χ1v) is 8.94. The molecule has 4 rings (SSSR count). The summed E-state index contributed by atoms with van der Waals surface area (Å²) < 4.78 is 0. The molecule has 2 aliphatic rings. The first-order valence-electron chi connectivity index (χ1n) is 8.94. The van der Waals surface area contributed by atoms with Crippen molar-refractivity contribution in [2.24, 2.45) is 5.92 Å². The molecule has 0 radical (unpaired) electrons. The van der Waals surface area contributed by atoms with Crippen LogP contribution in [0.1, 0.15) is 62.5 Å². The van der Waals surface area contributed by atoms with Crippen LogP contribution in [-0.2, 0) is 5.41 Å². The molecule has 2 saturated carbocycles. The molecule has 2 fully saturated rings. The van der Waals surface area contributed by atoms with Crippen molar-refractivity contribution in [2.75, 3.05) is 0 Å². The lowest BCUT2D eigenvalue weighted by Gasteiger charge is -2.49. The number of hydrogen-bond acceptors (Lipinski definition) is 1. The summed E-state index contributed by atoms with van der Waals surface area (Å²) in [6.07, 6.45) is 11.0. The Hall–Kier alpha value is -1.50. The molecule has 2 aromatic carbocycles. The van der Waals surface area contributed by atoms with E-state index in [1.54, 1.807) is 0 Å². The van der Waals surface area contributed by atoms with E-state index in [0.717, 1.165) is 11.3 Å². The van der Waals surface area contributed by atoms with Crippen LogP contribution in [-0.4, -0.2) is 5.11 Å². The maximum Gasteiger partial charge on any atom is 0.123 e. The third-order valence-electron chi connectivity index (χ3n) is 6.39. The van der Waals surface area contributed by atoms with Gasteiger partial charge in [0, 0.05) is 5.39 Å². The van der Waals surface area contributed by atoms with Gasteiger partial charge in [0.05, 0.1) is 0 Å². The minimum absolute atomic E-state index is 0.370. The van der Waals surface area contributed by atoms with Crippen molar-refractivity contribution in [3.05, 3.63) is 41.5 Å². The van der Waals surface area contributed by atoms with Gasteiger partial charge < -0.3 is 5.11 Å². The van der Waals surface area contributed by atoms with Crippen LogP contribution in [0.3, 0.4) is 0 Å². The Morgan fingerprint density at radius 3 is 2.41 bits per heavy atom. The van der Waals surface area contributed by atoms with E-state index in [-0.39, 0.29) is 0 Å². The fourth-order valence-electron chi connectivity index (χ4n) is 5.37. The van der Waals surface area contributed by atoms with Gasteiger partial charge in [-0.1, -0.05) is 49.9 Å².